The van der Waals surface area contributed by atoms with Crippen molar-refractivity contribution >= 4 is 0 Å². The minimum Gasteiger partial charge on any atom is -0.393 e. The smallest absolute Gasteiger partial charge is 0.393 e. The van der Waals surface area contributed by atoms with Crippen molar-refractivity contribution in [2.24, 2.45) is 0 Å². The van der Waals surface area contributed by atoms with Crippen LogP contribution in [0.4, 0.5) is 13.2 Å². The molecule has 0 fully saturated rings. The summed E-state index contributed by atoms with van der Waals surface area (Å²) in [5.74, 6) is 0. The predicted octanol–water partition coefficient (Wildman–Crippen LogP) is 2.66. The average molecular weight is 292 g/mol. The van der Waals surface area contributed by atoms with Gasteiger partial charge in [-0.2, -0.15) is 13.2 Å². The van der Waals surface area contributed by atoms with Gasteiger partial charge in [-0.25, -0.2) is 0 Å². The van der Waals surface area contributed by atoms with Crippen molar-refractivity contribution in [3.05, 3.63) is 35.4 Å². The summed E-state index contributed by atoms with van der Waals surface area (Å²) in [4.78, 5) is 0. The van der Waals surface area contributed by atoms with E-state index in [-0.39, 0.29) is 6.42 Å². The lowest BCUT2D eigenvalue weighted by Gasteiger charge is -2.13. The number of aliphatic hydroxyl groups is 1. The fourth-order valence-electron chi connectivity index (χ4n) is 1.71. The molecule has 1 rings (SSSR count). The van der Waals surface area contributed by atoms with Crippen molar-refractivity contribution in [3.63, 3.8) is 0 Å². The fraction of sp³-hybridized carbons (Fsp3) is 0.571. The zero-order valence-electron chi connectivity index (χ0n) is 11.3. The molecule has 114 valence electrons. The molecule has 0 bridgehead atoms. The van der Waals surface area contributed by atoms with E-state index in [1.165, 1.54) is 6.07 Å². The molecule has 1 aromatic carbocycles. The highest BCUT2D eigenvalue weighted by Crippen LogP contribution is 2.29. The van der Waals surface area contributed by atoms with Crippen LogP contribution in [0.3, 0.4) is 0 Å². The van der Waals surface area contributed by atoms with Crippen LogP contribution >= 0.6 is 0 Å². The van der Waals surface area contributed by atoms with Crippen molar-refractivity contribution in [3.8, 4) is 0 Å². The van der Waals surface area contributed by atoms with E-state index in [4.69, 9.17) is 9.47 Å². The molecule has 0 heterocycles. The van der Waals surface area contributed by atoms with Crippen LogP contribution in [0.5, 0.6) is 0 Å². The summed E-state index contributed by atoms with van der Waals surface area (Å²) in [6.45, 7) is 1.26. The van der Waals surface area contributed by atoms with Crippen LogP contribution < -0.4 is 0 Å². The van der Waals surface area contributed by atoms with Gasteiger partial charge in [0, 0.05) is 13.7 Å². The first kappa shape index (κ1) is 16.9. The normalized spacial score (nSPS) is 13.4. The molecule has 3 nitrogen and oxygen atoms in total. The molecule has 0 radical (unpaired) electrons. The summed E-state index contributed by atoms with van der Waals surface area (Å²) in [5.41, 5.74) is -0.234. The molecule has 1 unspecified atom stereocenters. The number of alkyl halides is 3. The third-order valence-corrected chi connectivity index (χ3v) is 2.75. The largest absolute Gasteiger partial charge is 0.416 e. The van der Waals surface area contributed by atoms with Crippen molar-refractivity contribution in [1.29, 1.82) is 0 Å². The van der Waals surface area contributed by atoms with Crippen molar-refractivity contribution in [2.45, 2.75) is 25.1 Å². The van der Waals surface area contributed by atoms with E-state index < -0.39 is 17.8 Å². The van der Waals surface area contributed by atoms with Gasteiger partial charge in [0.05, 0.1) is 24.9 Å². The number of rotatable bonds is 8. The maximum absolute atomic E-state index is 12.5. The SMILES string of the molecule is COCCOCCC(O)Cc1cccc(C(F)(F)F)c1. The molecule has 0 saturated heterocycles. The molecule has 1 atom stereocenters. The monoisotopic (exact) mass is 292 g/mol. The lowest BCUT2D eigenvalue weighted by Crippen LogP contribution is -2.15. The number of hydrogen-bond acceptors (Lipinski definition) is 3. The number of ether oxygens (including phenoxy) is 2. The maximum atomic E-state index is 12.5. The third kappa shape index (κ3) is 6.36. The Labute approximate surface area is 116 Å². The Morgan fingerprint density at radius 2 is 1.95 bits per heavy atom. The van der Waals surface area contributed by atoms with Crippen molar-refractivity contribution in [2.75, 3.05) is 26.9 Å². The number of hydrogen-bond donors (Lipinski definition) is 1. The van der Waals surface area contributed by atoms with Gasteiger partial charge >= 0.3 is 6.18 Å². The van der Waals surface area contributed by atoms with Gasteiger partial charge in [-0.3, -0.25) is 0 Å². The molecule has 20 heavy (non-hydrogen) atoms. The van der Waals surface area contributed by atoms with Gasteiger partial charge in [-0.05, 0) is 24.5 Å². The molecule has 0 aliphatic rings. The van der Waals surface area contributed by atoms with Crippen LogP contribution in [0.25, 0.3) is 0 Å². The Hall–Kier alpha value is -1.11. The average Bonchev–Trinajstić information content (AvgIpc) is 2.38. The van der Waals surface area contributed by atoms with Crippen LogP contribution in [0.1, 0.15) is 17.5 Å². The third-order valence-electron chi connectivity index (χ3n) is 2.75. The second kappa shape index (κ2) is 8.24. The van der Waals surface area contributed by atoms with Crippen LogP contribution in [0.2, 0.25) is 0 Å². The first-order chi connectivity index (χ1) is 9.43. The molecule has 6 heteroatoms. The highest BCUT2D eigenvalue weighted by atomic mass is 19.4. The number of benzene rings is 1. The predicted molar refractivity (Wildman–Crippen MR) is 68.5 cm³/mol. The topological polar surface area (TPSA) is 38.7 Å². The Morgan fingerprint density at radius 3 is 2.60 bits per heavy atom. The molecule has 0 aromatic heterocycles. The lowest BCUT2D eigenvalue weighted by atomic mass is 10.0. The summed E-state index contributed by atoms with van der Waals surface area (Å²) in [6, 6.07) is 5.00. The first-order valence-electron chi connectivity index (χ1n) is 6.34. The minimum atomic E-state index is -4.36. The maximum Gasteiger partial charge on any atom is 0.416 e. The fourth-order valence-corrected chi connectivity index (χ4v) is 1.71. The van der Waals surface area contributed by atoms with E-state index in [1.807, 2.05) is 0 Å². The summed E-state index contributed by atoms with van der Waals surface area (Å²) in [6.07, 6.45) is -4.53. The first-order valence-corrected chi connectivity index (χ1v) is 6.34. The number of methoxy groups -OCH3 is 1. The summed E-state index contributed by atoms with van der Waals surface area (Å²) in [7, 11) is 1.56. The number of halogens is 3. The highest BCUT2D eigenvalue weighted by Gasteiger charge is 2.30. The van der Waals surface area contributed by atoms with Gasteiger partial charge in [0.25, 0.3) is 0 Å². The Balaban J connectivity index is 2.40. The zero-order valence-corrected chi connectivity index (χ0v) is 11.3. The molecule has 0 aliphatic carbocycles. The summed E-state index contributed by atoms with van der Waals surface area (Å²) in [5, 5.41) is 9.76. The van der Waals surface area contributed by atoms with Gasteiger partial charge in [-0.15, -0.1) is 0 Å². The van der Waals surface area contributed by atoms with Gasteiger partial charge < -0.3 is 14.6 Å². The molecular weight excluding hydrogens is 273 g/mol. The van der Waals surface area contributed by atoms with E-state index >= 15 is 0 Å². The van der Waals surface area contributed by atoms with Gasteiger partial charge in [0.15, 0.2) is 0 Å². The lowest BCUT2D eigenvalue weighted by molar-refractivity contribution is -0.137. The van der Waals surface area contributed by atoms with Gasteiger partial charge in [-0.1, -0.05) is 18.2 Å². The Bertz CT molecular complexity index is 393. The molecule has 0 aliphatic heterocycles. The molecule has 1 aromatic rings. The van der Waals surface area contributed by atoms with E-state index in [2.05, 4.69) is 0 Å². The standard InChI is InChI=1S/C14H19F3O3/c1-19-7-8-20-6-5-13(18)10-11-3-2-4-12(9-11)14(15,16)17/h2-4,9,13,18H,5-8,10H2,1H3. The van der Waals surface area contributed by atoms with E-state index in [9.17, 15) is 18.3 Å². The molecular formula is C14H19F3O3. The van der Waals surface area contributed by atoms with Crippen LogP contribution in [-0.4, -0.2) is 38.1 Å². The van der Waals surface area contributed by atoms with E-state index in [0.717, 1.165) is 12.1 Å². The Morgan fingerprint density at radius 1 is 1.20 bits per heavy atom. The number of aliphatic hydroxyl groups excluding tert-OH is 1. The second-order valence-corrected chi connectivity index (χ2v) is 4.45. The van der Waals surface area contributed by atoms with Crippen molar-refractivity contribution in [1.82, 2.24) is 0 Å². The van der Waals surface area contributed by atoms with E-state index in [1.54, 1.807) is 13.2 Å². The minimum absolute atomic E-state index is 0.178. The van der Waals surface area contributed by atoms with Crippen LogP contribution in [-0.2, 0) is 22.1 Å². The molecule has 1 N–H and O–H groups in total. The molecule has 0 amide bonds. The Kier molecular flexibility index (Phi) is 6.98. The zero-order chi connectivity index (χ0) is 15.0. The summed E-state index contributed by atoms with van der Waals surface area (Å²) >= 11 is 0. The second-order valence-electron chi connectivity index (χ2n) is 4.45. The van der Waals surface area contributed by atoms with Gasteiger partial charge in [0.1, 0.15) is 0 Å². The quantitative estimate of drug-likeness (QED) is 0.749. The van der Waals surface area contributed by atoms with Crippen LogP contribution in [0.15, 0.2) is 24.3 Å². The van der Waals surface area contributed by atoms with Crippen LogP contribution in [0, 0.1) is 0 Å². The summed E-state index contributed by atoms with van der Waals surface area (Å²) < 4.78 is 47.6. The van der Waals surface area contributed by atoms with Gasteiger partial charge in [0.2, 0.25) is 0 Å². The highest BCUT2D eigenvalue weighted by molar-refractivity contribution is 5.26. The molecule has 0 spiro atoms. The van der Waals surface area contributed by atoms with E-state index in [0.29, 0.717) is 31.8 Å². The molecule has 0 saturated carbocycles. The van der Waals surface area contributed by atoms with Crippen molar-refractivity contribution < 1.29 is 27.8 Å².